The van der Waals surface area contributed by atoms with Crippen LogP contribution in [0.25, 0.3) is 0 Å². The van der Waals surface area contributed by atoms with Crippen LogP contribution in [-0.2, 0) is 12.3 Å². The van der Waals surface area contributed by atoms with Crippen LogP contribution in [0, 0.1) is 11.3 Å². The Kier molecular flexibility index (Phi) is 4.44. The Morgan fingerprint density at radius 3 is 2.69 bits per heavy atom. The number of aromatic nitrogens is 1. The largest absolute Gasteiger partial charge is 0.495 e. The second-order valence-corrected chi connectivity index (χ2v) is 3.21. The van der Waals surface area contributed by atoms with Crippen molar-refractivity contribution >= 4 is 11.6 Å². The number of hydrogen-bond acceptors (Lipinski definition) is 3. The van der Waals surface area contributed by atoms with Gasteiger partial charge in [0.05, 0.1) is 36.9 Å². The van der Waals surface area contributed by atoms with Gasteiger partial charge in [-0.3, -0.25) is 4.98 Å². The predicted octanol–water partition coefficient (Wildman–Crippen LogP) is 2.83. The van der Waals surface area contributed by atoms with Gasteiger partial charge in [0.25, 0.3) is 6.43 Å². The van der Waals surface area contributed by atoms with Gasteiger partial charge < -0.3 is 4.74 Å². The topological polar surface area (TPSA) is 45.9 Å². The molecule has 86 valence electrons. The molecule has 0 fully saturated rings. The van der Waals surface area contributed by atoms with Crippen LogP contribution in [0.1, 0.15) is 23.4 Å². The molecule has 0 spiro atoms. The van der Waals surface area contributed by atoms with Gasteiger partial charge in [-0.2, -0.15) is 5.26 Å². The Morgan fingerprint density at radius 2 is 2.25 bits per heavy atom. The van der Waals surface area contributed by atoms with Crippen molar-refractivity contribution in [2.75, 3.05) is 7.11 Å². The maximum Gasteiger partial charge on any atom is 0.265 e. The van der Waals surface area contributed by atoms with E-state index in [4.69, 9.17) is 21.6 Å². The first kappa shape index (κ1) is 12.7. The van der Waals surface area contributed by atoms with Crippen LogP contribution in [0.5, 0.6) is 5.75 Å². The van der Waals surface area contributed by atoms with Crippen LogP contribution in [0.2, 0.25) is 0 Å². The van der Waals surface area contributed by atoms with Crippen LogP contribution >= 0.6 is 11.6 Å². The Labute approximate surface area is 96.6 Å². The Bertz CT molecular complexity index is 418. The average Bonchev–Trinajstić information content (AvgIpc) is 2.28. The van der Waals surface area contributed by atoms with E-state index in [2.05, 4.69) is 4.98 Å². The number of rotatable bonds is 4. The molecule has 1 aromatic heterocycles. The van der Waals surface area contributed by atoms with Gasteiger partial charge in [-0.15, -0.1) is 11.6 Å². The first-order chi connectivity index (χ1) is 7.63. The van der Waals surface area contributed by atoms with Crippen LogP contribution in [0.3, 0.4) is 0 Å². The zero-order chi connectivity index (χ0) is 12.1. The average molecular weight is 247 g/mol. The zero-order valence-corrected chi connectivity index (χ0v) is 9.26. The van der Waals surface area contributed by atoms with Crippen LogP contribution in [0.4, 0.5) is 8.78 Å². The maximum atomic E-state index is 12.7. The lowest BCUT2D eigenvalue weighted by molar-refractivity contribution is 0.149. The SMILES string of the molecule is COc1cc(C(F)F)c(CC#N)nc1CCl. The molecule has 0 radical (unpaired) electrons. The number of nitrogens with zero attached hydrogens (tertiary/aromatic N) is 2. The molecule has 1 heterocycles. The van der Waals surface area contributed by atoms with Crippen molar-refractivity contribution in [1.82, 2.24) is 4.98 Å². The van der Waals surface area contributed by atoms with E-state index in [0.717, 1.165) is 0 Å². The maximum absolute atomic E-state index is 12.7. The summed E-state index contributed by atoms with van der Waals surface area (Å²) in [5.74, 6) is 0.262. The molecule has 0 N–H and O–H groups in total. The molecule has 0 bridgehead atoms. The first-order valence-corrected chi connectivity index (χ1v) is 4.95. The normalized spacial score (nSPS) is 10.2. The standard InChI is InChI=1S/C10H9ClF2N2O/c1-16-9-4-6(10(12)13)7(2-3-14)15-8(9)5-11/h4,10H,2,5H2,1H3. The molecule has 0 aliphatic carbocycles. The van der Waals surface area contributed by atoms with Crippen molar-refractivity contribution in [3.63, 3.8) is 0 Å². The molecular weight excluding hydrogens is 238 g/mol. The third-order valence-corrected chi connectivity index (χ3v) is 2.26. The van der Waals surface area contributed by atoms with Gasteiger partial charge in [0.1, 0.15) is 5.75 Å². The number of methoxy groups -OCH3 is 1. The summed E-state index contributed by atoms with van der Waals surface area (Å²) in [4.78, 5) is 3.91. The molecule has 16 heavy (non-hydrogen) atoms. The highest BCUT2D eigenvalue weighted by atomic mass is 35.5. The lowest BCUT2D eigenvalue weighted by Gasteiger charge is -2.11. The monoisotopic (exact) mass is 246 g/mol. The molecule has 0 amide bonds. The highest BCUT2D eigenvalue weighted by Gasteiger charge is 2.18. The van der Waals surface area contributed by atoms with E-state index < -0.39 is 6.43 Å². The second-order valence-electron chi connectivity index (χ2n) is 2.94. The summed E-state index contributed by atoms with van der Waals surface area (Å²) in [5, 5.41) is 8.52. The van der Waals surface area contributed by atoms with E-state index in [1.54, 1.807) is 6.07 Å². The van der Waals surface area contributed by atoms with E-state index in [1.165, 1.54) is 13.2 Å². The summed E-state index contributed by atoms with van der Waals surface area (Å²) < 4.78 is 30.2. The zero-order valence-electron chi connectivity index (χ0n) is 8.51. The van der Waals surface area contributed by atoms with Crippen LogP contribution < -0.4 is 4.74 Å². The summed E-state index contributed by atoms with van der Waals surface area (Å²) in [6, 6.07) is 2.97. The van der Waals surface area contributed by atoms with Gasteiger partial charge in [0.2, 0.25) is 0 Å². The molecule has 0 atom stereocenters. The Hall–Kier alpha value is -1.41. The van der Waals surface area contributed by atoms with E-state index in [0.29, 0.717) is 5.69 Å². The molecule has 0 saturated carbocycles. The van der Waals surface area contributed by atoms with Gasteiger partial charge in [-0.25, -0.2) is 8.78 Å². The fourth-order valence-corrected chi connectivity index (χ4v) is 1.46. The fourth-order valence-electron chi connectivity index (χ4n) is 1.27. The summed E-state index contributed by atoms with van der Waals surface area (Å²) in [5.41, 5.74) is 0.125. The van der Waals surface area contributed by atoms with Crippen molar-refractivity contribution in [3.05, 3.63) is 23.0 Å². The van der Waals surface area contributed by atoms with Crippen molar-refractivity contribution in [2.24, 2.45) is 0 Å². The Morgan fingerprint density at radius 1 is 1.56 bits per heavy atom. The van der Waals surface area contributed by atoms with Crippen LogP contribution in [0.15, 0.2) is 6.07 Å². The predicted molar refractivity (Wildman–Crippen MR) is 54.6 cm³/mol. The van der Waals surface area contributed by atoms with Gasteiger partial charge in [-0.05, 0) is 6.07 Å². The molecule has 0 saturated heterocycles. The first-order valence-electron chi connectivity index (χ1n) is 4.41. The third-order valence-electron chi connectivity index (χ3n) is 2.00. The number of alkyl halides is 3. The molecule has 0 aliphatic rings. The fraction of sp³-hybridized carbons (Fsp3) is 0.400. The lowest BCUT2D eigenvalue weighted by atomic mass is 10.1. The molecular formula is C10H9ClF2N2O. The number of halogens is 3. The van der Waals surface area contributed by atoms with Gasteiger partial charge >= 0.3 is 0 Å². The van der Waals surface area contributed by atoms with Crippen molar-refractivity contribution in [3.8, 4) is 11.8 Å². The minimum Gasteiger partial charge on any atom is -0.495 e. The molecule has 1 aromatic rings. The molecule has 6 heteroatoms. The van der Waals surface area contributed by atoms with Crippen molar-refractivity contribution < 1.29 is 13.5 Å². The van der Waals surface area contributed by atoms with Crippen molar-refractivity contribution in [1.29, 1.82) is 5.26 Å². The van der Waals surface area contributed by atoms with E-state index in [-0.39, 0.29) is 29.3 Å². The highest BCUT2D eigenvalue weighted by Crippen LogP contribution is 2.29. The summed E-state index contributed by atoms with van der Waals surface area (Å²) >= 11 is 5.60. The minimum absolute atomic E-state index is 0.0467. The third kappa shape index (κ3) is 2.58. The van der Waals surface area contributed by atoms with E-state index in [9.17, 15) is 8.78 Å². The van der Waals surface area contributed by atoms with Gasteiger partial charge in [-0.1, -0.05) is 0 Å². The van der Waals surface area contributed by atoms with Gasteiger partial charge in [0, 0.05) is 5.56 Å². The number of pyridine rings is 1. The number of nitriles is 1. The molecule has 0 aromatic carbocycles. The van der Waals surface area contributed by atoms with Crippen LogP contribution in [-0.4, -0.2) is 12.1 Å². The van der Waals surface area contributed by atoms with Crippen molar-refractivity contribution in [2.45, 2.75) is 18.7 Å². The summed E-state index contributed by atoms with van der Waals surface area (Å²) in [6.45, 7) is 0. The van der Waals surface area contributed by atoms with Gasteiger partial charge in [0.15, 0.2) is 0 Å². The molecule has 1 rings (SSSR count). The molecule has 0 aliphatic heterocycles. The summed E-state index contributed by atoms with van der Waals surface area (Å²) in [7, 11) is 1.35. The smallest absolute Gasteiger partial charge is 0.265 e. The molecule has 3 nitrogen and oxygen atoms in total. The summed E-state index contributed by atoms with van der Waals surface area (Å²) in [6.07, 6.45) is -2.86. The Balaban J connectivity index is 3.30. The minimum atomic E-state index is -2.69. The highest BCUT2D eigenvalue weighted by molar-refractivity contribution is 6.17. The number of ether oxygens (including phenoxy) is 1. The lowest BCUT2D eigenvalue weighted by Crippen LogP contribution is -2.03. The van der Waals surface area contributed by atoms with E-state index >= 15 is 0 Å². The number of hydrogen-bond donors (Lipinski definition) is 0. The van der Waals surface area contributed by atoms with E-state index in [1.807, 2.05) is 0 Å². The quantitative estimate of drug-likeness (QED) is 0.768. The second kappa shape index (κ2) is 5.61. The molecule has 0 unspecified atom stereocenters.